The van der Waals surface area contributed by atoms with Crippen molar-refractivity contribution >= 4 is 72.8 Å². The number of imide groups is 1. The molecule has 0 spiro atoms. The standard InChI is InChI=1S/C20H13Br2NO7S/c21-13-5-11(7-15-18(26)23(8-16(24)25)20(29)31-15)6-14(22)17(13)30-9-10-1-3-12(4-2-10)19(27)28/h1-7H,8-9H2,(H,24,25)(H,27,28)/b15-7+. The Balaban J connectivity index is 1.75. The Hall–Kier alpha value is -2.63. The van der Waals surface area contributed by atoms with Crippen molar-refractivity contribution in [2.24, 2.45) is 0 Å². The Morgan fingerprint density at radius 2 is 1.68 bits per heavy atom. The summed E-state index contributed by atoms with van der Waals surface area (Å²) >= 11 is 7.51. The van der Waals surface area contributed by atoms with Crippen LogP contribution in [0.15, 0.2) is 50.2 Å². The molecule has 0 unspecified atom stereocenters. The quantitative estimate of drug-likeness (QED) is 0.463. The van der Waals surface area contributed by atoms with Gasteiger partial charge >= 0.3 is 11.9 Å². The van der Waals surface area contributed by atoms with E-state index in [2.05, 4.69) is 31.9 Å². The Labute approximate surface area is 197 Å². The number of carbonyl (C=O) groups is 4. The van der Waals surface area contributed by atoms with E-state index in [1.54, 1.807) is 24.3 Å². The molecule has 1 fully saturated rings. The lowest BCUT2D eigenvalue weighted by Gasteiger charge is -2.12. The van der Waals surface area contributed by atoms with E-state index in [0.29, 0.717) is 36.9 Å². The molecule has 0 aromatic heterocycles. The van der Waals surface area contributed by atoms with Crippen LogP contribution in [0.25, 0.3) is 6.08 Å². The van der Waals surface area contributed by atoms with Crippen LogP contribution in [0.2, 0.25) is 0 Å². The highest BCUT2D eigenvalue weighted by Gasteiger charge is 2.36. The maximum Gasteiger partial charge on any atom is 0.335 e. The maximum absolute atomic E-state index is 12.3. The molecule has 0 bridgehead atoms. The minimum Gasteiger partial charge on any atom is -0.487 e. The van der Waals surface area contributed by atoms with E-state index in [-0.39, 0.29) is 17.1 Å². The molecule has 0 saturated carbocycles. The van der Waals surface area contributed by atoms with Crippen molar-refractivity contribution < 1.29 is 34.1 Å². The van der Waals surface area contributed by atoms with Gasteiger partial charge in [0.2, 0.25) is 0 Å². The van der Waals surface area contributed by atoms with Gasteiger partial charge in [0.25, 0.3) is 11.1 Å². The number of rotatable bonds is 7. The predicted octanol–water partition coefficient (Wildman–Crippen LogP) is 4.61. The molecule has 1 heterocycles. The summed E-state index contributed by atoms with van der Waals surface area (Å²) in [6.45, 7) is -0.486. The number of carbonyl (C=O) groups excluding carboxylic acids is 2. The van der Waals surface area contributed by atoms with Crippen LogP contribution < -0.4 is 4.74 Å². The highest BCUT2D eigenvalue weighted by Crippen LogP contribution is 2.38. The van der Waals surface area contributed by atoms with Crippen LogP contribution in [0.3, 0.4) is 0 Å². The number of aliphatic carboxylic acids is 1. The van der Waals surface area contributed by atoms with Crippen LogP contribution in [-0.2, 0) is 16.2 Å². The third-order valence-corrected chi connectivity index (χ3v) is 6.15. The molecule has 3 rings (SSSR count). The first-order valence-electron chi connectivity index (χ1n) is 8.57. The fourth-order valence-corrected chi connectivity index (χ4v) is 4.91. The third-order valence-electron chi connectivity index (χ3n) is 4.07. The first kappa shape index (κ1) is 23.0. The SMILES string of the molecule is O=C(O)CN1C(=O)S/C(=C/c2cc(Br)c(OCc3ccc(C(=O)O)cc3)c(Br)c2)C1=O. The smallest absolute Gasteiger partial charge is 0.335 e. The van der Waals surface area contributed by atoms with Crippen molar-refractivity contribution in [3.05, 3.63) is 66.9 Å². The summed E-state index contributed by atoms with van der Waals surface area (Å²) in [7, 11) is 0. The lowest BCUT2D eigenvalue weighted by molar-refractivity contribution is -0.140. The molecule has 11 heteroatoms. The lowest BCUT2D eigenvalue weighted by atomic mass is 10.1. The van der Waals surface area contributed by atoms with E-state index in [4.69, 9.17) is 14.9 Å². The van der Waals surface area contributed by atoms with Crippen LogP contribution in [0.5, 0.6) is 5.75 Å². The van der Waals surface area contributed by atoms with Gasteiger partial charge in [0, 0.05) is 0 Å². The monoisotopic (exact) mass is 569 g/mol. The molecule has 8 nitrogen and oxygen atoms in total. The molecule has 1 aliphatic heterocycles. The number of carboxylic acid groups (broad SMARTS) is 2. The van der Waals surface area contributed by atoms with Crippen molar-refractivity contribution in [3.63, 3.8) is 0 Å². The average molecular weight is 571 g/mol. The van der Waals surface area contributed by atoms with E-state index in [9.17, 15) is 19.2 Å². The van der Waals surface area contributed by atoms with Crippen LogP contribution in [0.1, 0.15) is 21.5 Å². The normalized spacial score (nSPS) is 14.9. The number of ether oxygens (including phenoxy) is 1. The highest BCUT2D eigenvalue weighted by molar-refractivity contribution is 9.11. The second-order valence-electron chi connectivity index (χ2n) is 6.27. The van der Waals surface area contributed by atoms with Crippen LogP contribution in [-0.4, -0.2) is 44.7 Å². The zero-order valence-electron chi connectivity index (χ0n) is 15.5. The van der Waals surface area contributed by atoms with Crippen molar-refractivity contribution in [2.45, 2.75) is 6.61 Å². The summed E-state index contributed by atoms with van der Waals surface area (Å²) in [6.07, 6.45) is 1.50. The molecule has 0 aliphatic carbocycles. The molecule has 2 amide bonds. The van der Waals surface area contributed by atoms with Gasteiger partial charge in [0.1, 0.15) is 18.9 Å². The van der Waals surface area contributed by atoms with E-state index in [1.807, 2.05) is 0 Å². The zero-order valence-corrected chi connectivity index (χ0v) is 19.5. The maximum atomic E-state index is 12.3. The molecule has 2 N–H and O–H groups in total. The summed E-state index contributed by atoms with van der Waals surface area (Å²) in [5, 5.41) is 17.1. The molecule has 0 radical (unpaired) electrons. The van der Waals surface area contributed by atoms with Crippen molar-refractivity contribution in [3.8, 4) is 5.75 Å². The van der Waals surface area contributed by atoms with Gasteiger partial charge in [-0.2, -0.15) is 0 Å². The molecule has 0 atom stereocenters. The average Bonchev–Trinajstić information content (AvgIpc) is 2.94. The highest BCUT2D eigenvalue weighted by atomic mass is 79.9. The minimum atomic E-state index is -1.27. The number of benzene rings is 2. The van der Waals surface area contributed by atoms with E-state index >= 15 is 0 Å². The molecule has 1 aliphatic rings. The van der Waals surface area contributed by atoms with Gasteiger partial charge in [-0.15, -0.1) is 0 Å². The van der Waals surface area contributed by atoms with Gasteiger partial charge in [-0.25, -0.2) is 4.79 Å². The Bertz CT molecular complexity index is 1090. The number of nitrogens with zero attached hydrogens (tertiary/aromatic N) is 1. The topological polar surface area (TPSA) is 121 Å². The predicted molar refractivity (Wildman–Crippen MR) is 120 cm³/mol. The fourth-order valence-electron chi connectivity index (χ4n) is 2.62. The number of hydrogen-bond donors (Lipinski definition) is 2. The molecule has 1 saturated heterocycles. The van der Waals surface area contributed by atoms with Crippen LogP contribution >= 0.6 is 43.6 Å². The largest absolute Gasteiger partial charge is 0.487 e. The van der Waals surface area contributed by atoms with E-state index in [0.717, 1.165) is 5.56 Å². The van der Waals surface area contributed by atoms with Gasteiger partial charge in [-0.05, 0) is 85.1 Å². The van der Waals surface area contributed by atoms with Crippen LogP contribution in [0, 0.1) is 0 Å². The number of amides is 2. The second-order valence-corrected chi connectivity index (χ2v) is 8.97. The zero-order chi connectivity index (χ0) is 22.7. The van der Waals surface area contributed by atoms with E-state index < -0.39 is 29.6 Å². The fraction of sp³-hybridized carbons (Fsp3) is 0.100. The first-order valence-corrected chi connectivity index (χ1v) is 11.0. The number of hydrogen-bond acceptors (Lipinski definition) is 6. The van der Waals surface area contributed by atoms with Crippen molar-refractivity contribution in [1.82, 2.24) is 4.90 Å². The number of carboxylic acids is 2. The lowest BCUT2D eigenvalue weighted by Crippen LogP contribution is -2.33. The van der Waals surface area contributed by atoms with Crippen LogP contribution in [0.4, 0.5) is 4.79 Å². The third kappa shape index (κ3) is 5.54. The van der Waals surface area contributed by atoms with Crippen molar-refractivity contribution in [2.75, 3.05) is 6.54 Å². The molecule has 160 valence electrons. The minimum absolute atomic E-state index is 0.122. The van der Waals surface area contributed by atoms with Gasteiger partial charge in [-0.1, -0.05) is 12.1 Å². The summed E-state index contributed by atoms with van der Waals surface area (Å²) < 4.78 is 6.98. The van der Waals surface area contributed by atoms with Gasteiger partial charge in [0.05, 0.1) is 19.4 Å². The Morgan fingerprint density at radius 1 is 1.06 bits per heavy atom. The Kier molecular flexibility index (Phi) is 7.19. The summed E-state index contributed by atoms with van der Waals surface area (Å²) in [4.78, 5) is 46.7. The summed E-state index contributed by atoms with van der Waals surface area (Å²) in [6, 6.07) is 9.69. The molecule has 31 heavy (non-hydrogen) atoms. The van der Waals surface area contributed by atoms with Gasteiger partial charge in [-0.3, -0.25) is 19.3 Å². The molecule has 2 aromatic rings. The summed E-state index contributed by atoms with van der Waals surface area (Å²) in [5.74, 6) is -2.43. The first-order chi connectivity index (χ1) is 14.7. The molecule has 2 aromatic carbocycles. The van der Waals surface area contributed by atoms with Gasteiger partial charge in [0.15, 0.2) is 0 Å². The number of halogens is 2. The second kappa shape index (κ2) is 9.67. The van der Waals surface area contributed by atoms with Gasteiger partial charge < -0.3 is 14.9 Å². The molecular weight excluding hydrogens is 558 g/mol. The number of aromatic carboxylic acids is 1. The van der Waals surface area contributed by atoms with Crippen molar-refractivity contribution in [1.29, 1.82) is 0 Å². The Morgan fingerprint density at radius 3 is 2.23 bits per heavy atom. The molecular formula is C20H13Br2NO7S. The summed E-state index contributed by atoms with van der Waals surface area (Å²) in [5.41, 5.74) is 1.56. The number of thioether (sulfide) groups is 1. The van der Waals surface area contributed by atoms with E-state index in [1.165, 1.54) is 18.2 Å².